The van der Waals surface area contributed by atoms with Crippen molar-refractivity contribution in [3.8, 4) is 0 Å². The third kappa shape index (κ3) is 51.4. The molecule has 0 aliphatic carbocycles. The first-order valence-electron chi connectivity index (χ1n) is 25.4. The molecule has 0 saturated heterocycles. The highest BCUT2D eigenvalue weighted by Crippen LogP contribution is 2.11. The molecule has 0 amide bonds. The van der Waals surface area contributed by atoms with Gasteiger partial charge in [-0.15, -0.1) is 0 Å². The Balaban J connectivity index is 4.68. The highest BCUT2D eigenvalue weighted by atomic mass is 16.6. The average Bonchev–Trinajstić information content (AvgIpc) is 3.33. The number of unbranched alkanes of at least 4 members (excludes halogenated alkanes) is 9. The lowest BCUT2D eigenvalue weighted by Gasteiger charge is -2.18. The van der Waals surface area contributed by atoms with Crippen molar-refractivity contribution in [1.29, 1.82) is 0 Å². The molecule has 0 aromatic heterocycles. The van der Waals surface area contributed by atoms with Crippen molar-refractivity contribution in [2.45, 2.75) is 168 Å². The number of carbonyl (C=O) groups excluding carboxylic acids is 3. The van der Waals surface area contributed by atoms with Crippen molar-refractivity contribution < 1.29 is 28.6 Å². The number of allylic oxidation sites excluding steroid dienone is 30. The standard InChI is InChI=1S/C61H88O6/c1-4-7-10-13-16-19-22-25-28-30-33-36-39-42-45-48-51-54-60(63)66-57-58(56-65-59(62)53-50-47-44-41-38-35-32-27-24-21-18-15-12-9-6-3)67-61(64)55-52-49-46-43-40-37-34-31-29-26-23-20-17-14-11-8-5-2/h7-13,15-22,24-30,32-34,36-37,39,43,46,58H,4-6,14,23,31,35,38,40-42,44-45,47-57H2,1-3H3/b10-7-,11-8-,12-9-,16-13-,18-15-,20-17-,22-19-,24-21-,28-25-,29-26-,32-27-,33-30+,37-34-,39-36-,46-43-. The van der Waals surface area contributed by atoms with Crippen LogP contribution in [-0.2, 0) is 28.6 Å². The van der Waals surface area contributed by atoms with Gasteiger partial charge in [-0.05, 0) is 96.3 Å². The van der Waals surface area contributed by atoms with Gasteiger partial charge in [-0.25, -0.2) is 0 Å². The molecular formula is C61H88O6. The van der Waals surface area contributed by atoms with Gasteiger partial charge in [0.25, 0.3) is 0 Å². The topological polar surface area (TPSA) is 78.9 Å². The van der Waals surface area contributed by atoms with Crippen LogP contribution in [0.1, 0.15) is 162 Å². The number of rotatable bonds is 42. The van der Waals surface area contributed by atoms with Crippen LogP contribution in [0, 0.1) is 0 Å². The molecule has 0 spiro atoms. The van der Waals surface area contributed by atoms with E-state index >= 15 is 0 Å². The fourth-order valence-electron chi connectivity index (χ4n) is 5.93. The van der Waals surface area contributed by atoms with Crippen LogP contribution >= 0.6 is 0 Å². The molecule has 0 N–H and O–H groups in total. The summed E-state index contributed by atoms with van der Waals surface area (Å²) in [4.78, 5) is 38.0. The van der Waals surface area contributed by atoms with Crippen molar-refractivity contribution in [3.63, 3.8) is 0 Å². The molecule has 0 aliphatic heterocycles. The predicted octanol–water partition coefficient (Wildman–Crippen LogP) is 17.0. The molecule has 368 valence electrons. The summed E-state index contributed by atoms with van der Waals surface area (Å²) in [6.45, 7) is 6.09. The Hall–Kier alpha value is -5.49. The van der Waals surface area contributed by atoms with Crippen LogP contribution in [0.4, 0.5) is 0 Å². The Morgan fingerprint density at radius 3 is 1.06 bits per heavy atom. The van der Waals surface area contributed by atoms with Gasteiger partial charge in [0, 0.05) is 19.3 Å². The molecule has 0 aliphatic rings. The number of ether oxygens (including phenoxy) is 3. The van der Waals surface area contributed by atoms with E-state index in [2.05, 4.69) is 118 Å². The summed E-state index contributed by atoms with van der Waals surface area (Å²) in [6, 6.07) is 0. The van der Waals surface area contributed by atoms with Gasteiger partial charge in [0.2, 0.25) is 0 Å². The third-order valence-electron chi connectivity index (χ3n) is 9.64. The van der Waals surface area contributed by atoms with E-state index in [1.54, 1.807) is 0 Å². The van der Waals surface area contributed by atoms with Crippen molar-refractivity contribution in [3.05, 3.63) is 182 Å². The van der Waals surface area contributed by atoms with Gasteiger partial charge in [-0.1, -0.05) is 229 Å². The Kier molecular flexibility index (Phi) is 48.8. The smallest absolute Gasteiger partial charge is 0.306 e. The van der Waals surface area contributed by atoms with E-state index in [1.165, 1.54) is 0 Å². The van der Waals surface area contributed by atoms with E-state index in [0.29, 0.717) is 19.3 Å². The van der Waals surface area contributed by atoms with E-state index in [4.69, 9.17) is 14.2 Å². The minimum atomic E-state index is -0.847. The van der Waals surface area contributed by atoms with Crippen LogP contribution < -0.4 is 0 Å². The summed E-state index contributed by atoms with van der Waals surface area (Å²) in [7, 11) is 0. The van der Waals surface area contributed by atoms with E-state index < -0.39 is 12.1 Å². The molecule has 0 bridgehead atoms. The number of carbonyl (C=O) groups is 3. The predicted molar refractivity (Wildman–Crippen MR) is 287 cm³/mol. The van der Waals surface area contributed by atoms with Crippen LogP contribution in [0.5, 0.6) is 0 Å². The molecule has 67 heavy (non-hydrogen) atoms. The Morgan fingerprint density at radius 1 is 0.313 bits per heavy atom. The largest absolute Gasteiger partial charge is 0.462 e. The summed E-state index contributed by atoms with van der Waals surface area (Å²) in [5, 5.41) is 0. The summed E-state index contributed by atoms with van der Waals surface area (Å²) < 4.78 is 16.7. The van der Waals surface area contributed by atoms with Gasteiger partial charge >= 0.3 is 17.9 Å². The van der Waals surface area contributed by atoms with Gasteiger partial charge in [-0.2, -0.15) is 0 Å². The van der Waals surface area contributed by atoms with Crippen LogP contribution in [0.2, 0.25) is 0 Å². The Labute approximate surface area is 408 Å². The average molecular weight is 917 g/mol. The van der Waals surface area contributed by atoms with Crippen molar-refractivity contribution >= 4 is 17.9 Å². The fraction of sp³-hybridized carbons (Fsp3) is 0.459. The molecule has 1 unspecified atom stereocenters. The first kappa shape index (κ1) is 61.5. The van der Waals surface area contributed by atoms with Crippen molar-refractivity contribution in [2.75, 3.05) is 13.2 Å². The van der Waals surface area contributed by atoms with Crippen LogP contribution in [0.15, 0.2) is 182 Å². The van der Waals surface area contributed by atoms with E-state index in [9.17, 15) is 14.4 Å². The van der Waals surface area contributed by atoms with Crippen molar-refractivity contribution in [2.24, 2.45) is 0 Å². The van der Waals surface area contributed by atoms with Crippen LogP contribution in [0.25, 0.3) is 0 Å². The lowest BCUT2D eigenvalue weighted by atomic mass is 10.1. The zero-order valence-corrected chi connectivity index (χ0v) is 41.8. The highest BCUT2D eigenvalue weighted by molar-refractivity contribution is 5.71. The first-order chi connectivity index (χ1) is 33.0. The molecule has 1 atom stereocenters. The zero-order valence-electron chi connectivity index (χ0n) is 41.8. The monoisotopic (exact) mass is 917 g/mol. The SMILES string of the molecule is CC\C=C/C=C\C=C/C=C\C=C\C=C/CCCCCC(=O)OCC(COC(=O)CCCCCCC\C=C/C=C\C=C/C=C\CC)OC(=O)CCC/C=C\C/C=C\C/C=C\C/C=C\C/C=C\CC. The number of hydrogen-bond acceptors (Lipinski definition) is 6. The Bertz CT molecular complexity index is 1670. The maximum absolute atomic E-state index is 12.8. The normalized spacial score (nSPS) is 13.7. The molecule has 6 nitrogen and oxygen atoms in total. The van der Waals surface area contributed by atoms with Crippen molar-refractivity contribution in [1.82, 2.24) is 0 Å². The number of hydrogen-bond donors (Lipinski definition) is 0. The van der Waals surface area contributed by atoms with Gasteiger partial charge in [0.15, 0.2) is 6.10 Å². The molecule has 0 rings (SSSR count). The summed E-state index contributed by atoms with van der Waals surface area (Å²) in [5.74, 6) is -1.08. The quantitative estimate of drug-likeness (QED) is 0.0200. The minimum Gasteiger partial charge on any atom is -0.462 e. The van der Waals surface area contributed by atoms with Crippen LogP contribution in [0.3, 0.4) is 0 Å². The molecule has 6 heteroatoms. The van der Waals surface area contributed by atoms with E-state index in [-0.39, 0.29) is 38.0 Å². The summed E-state index contributed by atoms with van der Waals surface area (Å²) in [6.07, 6.45) is 80.1. The van der Waals surface area contributed by atoms with Gasteiger partial charge in [0.05, 0.1) is 0 Å². The zero-order chi connectivity index (χ0) is 48.6. The second-order valence-corrected chi connectivity index (χ2v) is 15.8. The van der Waals surface area contributed by atoms with Crippen LogP contribution in [-0.4, -0.2) is 37.2 Å². The third-order valence-corrected chi connectivity index (χ3v) is 9.64. The maximum Gasteiger partial charge on any atom is 0.306 e. The lowest BCUT2D eigenvalue weighted by molar-refractivity contribution is -0.167. The maximum atomic E-state index is 12.8. The molecule has 0 radical (unpaired) electrons. The second-order valence-electron chi connectivity index (χ2n) is 15.8. The molecule has 0 fully saturated rings. The molecular weight excluding hydrogens is 829 g/mol. The highest BCUT2D eigenvalue weighted by Gasteiger charge is 2.19. The molecule has 0 saturated carbocycles. The Morgan fingerprint density at radius 2 is 0.627 bits per heavy atom. The summed E-state index contributed by atoms with van der Waals surface area (Å²) >= 11 is 0. The summed E-state index contributed by atoms with van der Waals surface area (Å²) in [5.41, 5.74) is 0. The second kappa shape index (κ2) is 53.1. The minimum absolute atomic E-state index is 0.139. The van der Waals surface area contributed by atoms with Gasteiger partial charge in [-0.3, -0.25) is 14.4 Å². The molecule has 0 aromatic rings. The number of esters is 3. The first-order valence-corrected chi connectivity index (χ1v) is 25.4. The van der Waals surface area contributed by atoms with Gasteiger partial charge < -0.3 is 14.2 Å². The molecule has 0 aromatic carbocycles. The van der Waals surface area contributed by atoms with E-state index in [1.807, 2.05) is 85.1 Å². The lowest BCUT2D eigenvalue weighted by Crippen LogP contribution is -2.30. The van der Waals surface area contributed by atoms with E-state index in [0.717, 1.165) is 109 Å². The molecule has 0 heterocycles. The van der Waals surface area contributed by atoms with Gasteiger partial charge in [0.1, 0.15) is 13.2 Å². The fourth-order valence-corrected chi connectivity index (χ4v) is 5.93.